The summed E-state index contributed by atoms with van der Waals surface area (Å²) in [5.41, 5.74) is 4.42. The summed E-state index contributed by atoms with van der Waals surface area (Å²) in [6.07, 6.45) is 4.08. The van der Waals surface area contributed by atoms with Crippen molar-refractivity contribution in [3.8, 4) is 5.75 Å². The summed E-state index contributed by atoms with van der Waals surface area (Å²) in [7, 11) is 1.70. The van der Waals surface area contributed by atoms with E-state index < -0.39 is 0 Å². The van der Waals surface area contributed by atoms with Crippen molar-refractivity contribution in [1.29, 1.82) is 0 Å². The minimum absolute atomic E-state index is 0.139. The third kappa shape index (κ3) is 3.89. The lowest BCUT2D eigenvalue weighted by atomic mass is 9.89. The molecule has 158 valence electrons. The predicted molar refractivity (Wildman–Crippen MR) is 123 cm³/mol. The summed E-state index contributed by atoms with van der Waals surface area (Å²) in [4.78, 5) is 20.7. The standard InChI is InChI=1S/C25H31N3O2/c1-4-27(5-2)20-8-6-19(7-9-20)25(29)28-14-12-18(13-15-28)23-17-26-24-11-10-21(30-3)16-22(23)24/h6-11,16-18,26H,4-5,12-15H2,1-3H3. The zero-order valence-corrected chi connectivity index (χ0v) is 18.1. The minimum atomic E-state index is 0.139. The second-order valence-corrected chi connectivity index (χ2v) is 7.94. The maximum atomic E-state index is 13.0. The van der Waals surface area contributed by atoms with Gasteiger partial charge in [0.25, 0.3) is 5.91 Å². The molecule has 1 saturated heterocycles. The molecule has 1 N–H and O–H groups in total. The Kier molecular flexibility index (Phi) is 5.98. The molecule has 1 amide bonds. The number of carbonyl (C=O) groups excluding carboxylic acids is 1. The first-order valence-electron chi connectivity index (χ1n) is 10.9. The second kappa shape index (κ2) is 8.82. The fourth-order valence-corrected chi connectivity index (χ4v) is 4.57. The zero-order chi connectivity index (χ0) is 21.1. The Morgan fingerprint density at radius 3 is 2.43 bits per heavy atom. The summed E-state index contributed by atoms with van der Waals surface area (Å²) in [5, 5.41) is 1.23. The van der Waals surface area contributed by atoms with Crippen LogP contribution in [0.4, 0.5) is 5.69 Å². The van der Waals surface area contributed by atoms with Crippen molar-refractivity contribution in [1.82, 2.24) is 9.88 Å². The van der Waals surface area contributed by atoms with Crippen molar-refractivity contribution >= 4 is 22.5 Å². The molecular formula is C25H31N3O2. The van der Waals surface area contributed by atoms with Crippen molar-refractivity contribution < 1.29 is 9.53 Å². The number of nitrogens with one attached hydrogen (secondary N) is 1. The van der Waals surface area contributed by atoms with Crippen molar-refractivity contribution in [2.24, 2.45) is 0 Å². The van der Waals surface area contributed by atoms with Crippen LogP contribution >= 0.6 is 0 Å². The summed E-state index contributed by atoms with van der Waals surface area (Å²) in [6, 6.07) is 14.2. The van der Waals surface area contributed by atoms with Gasteiger partial charge in [0.1, 0.15) is 5.75 Å². The summed E-state index contributed by atoms with van der Waals surface area (Å²) in [5.74, 6) is 1.48. The molecule has 0 atom stereocenters. The van der Waals surface area contributed by atoms with E-state index in [4.69, 9.17) is 4.74 Å². The second-order valence-electron chi connectivity index (χ2n) is 7.94. The zero-order valence-electron chi connectivity index (χ0n) is 18.1. The number of likely N-dealkylation sites (tertiary alicyclic amines) is 1. The molecule has 1 fully saturated rings. The van der Waals surface area contributed by atoms with Gasteiger partial charge in [0.05, 0.1) is 7.11 Å². The van der Waals surface area contributed by atoms with Crippen molar-refractivity contribution in [3.05, 3.63) is 59.8 Å². The minimum Gasteiger partial charge on any atom is -0.497 e. The topological polar surface area (TPSA) is 48.6 Å². The molecule has 1 aromatic heterocycles. The number of benzene rings is 2. The Hall–Kier alpha value is -2.95. The van der Waals surface area contributed by atoms with Crippen LogP contribution in [0.15, 0.2) is 48.7 Å². The number of amides is 1. The van der Waals surface area contributed by atoms with Gasteiger partial charge in [0, 0.05) is 54.5 Å². The highest BCUT2D eigenvalue weighted by Gasteiger charge is 2.26. The Balaban J connectivity index is 1.43. The Morgan fingerprint density at radius 2 is 1.80 bits per heavy atom. The van der Waals surface area contributed by atoms with Gasteiger partial charge < -0.3 is 19.5 Å². The van der Waals surface area contributed by atoms with Crippen LogP contribution in [0.25, 0.3) is 10.9 Å². The van der Waals surface area contributed by atoms with Crippen LogP contribution in [-0.2, 0) is 0 Å². The van der Waals surface area contributed by atoms with Gasteiger partial charge in [-0.05, 0) is 80.6 Å². The highest BCUT2D eigenvalue weighted by atomic mass is 16.5. The molecule has 0 bridgehead atoms. The highest BCUT2D eigenvalue weighted by Crippen LogP contribution is 2.35. The summed E-state index contributed by atoms with van der Waals surface area (Å²) in [6.45, 7) is 7.82. The van der Waals surface area contributed by atoms with E-state index in [0.717, 1.165) is 55.9 Å². The van der Waals surface area contributed by atoms with E-state index in [1.54, 1.807) is 7.11 Å². The van der Waals surface area contributed by atoms with Crippen LogP contribution in [0.5, 0.6) is 5.75 Å². The van der Waals surface area contributed by atoms with Crippen LogP contribution in [0.3, 0.4) is 0 Å². The number of H-pyrrole nitrogens is 1. The molecule has 0 spiro atoms. The number of hydrogen-bond acceptors (Lipinski definition) is 3. The number of fused-ring (bicyclic) bond motifs is 1. The molecule has 2 aromatic carbocycles. The smallest absolute Gasteiger partial charge is 0.253 e. The first kappa shape index (κ1) is 20.3. The fraction of sp³-hybridized carbons (Fsp3) is 0.400. The average Bonchev–Trinajstić information content (AvgIpc) is 3.23. The van der Waals surface area contributed by atoms with E-state index >= 15 is 0 Å². The van der Waals surface area contributed by atoms with Crippen molar-refractivity contribution in [2.75, 3.05) is 38.2 Å². The van der Waals surface area contributed by atoms with Gasteiger partial charge in [-0.2, -0.15) is 0 Å². The Morgan fingerprint density at radius 1 is 1.10 bits per heavy atom. The van der Waals surface area contributed by atoms with Crippen molar-refractivity contribution in [2.45, 2.75) is 32.6 Å². The molecule has 0 radical (unpaired) electrons. The largest absolute Gasteiger partial charge is 0.497 e. The number of nitrogens with zero attached hydrogens (tertiary/aromatic N) is 2. The lowest BCUT2D eigenvalue weighted by Gasteiger charge is -2.32. The van der Waals surface area contributed by atoms with Gasteiger partial charge in [0.15, 0.2) is 0 Å². The predicted octanol–water partition coefficient (Wildman–Crippen LogP) is 5.04. The number of anilines is 1. The van der Waals surface area contributed by atoms with Gasteiger partial charge in [-0.1, -0.05) is 0 Å². The van der Waals surface area contributed by atoms with Crippen LogP contribution in [0.2, 0.25) is 0 Å². The van der Waals surface area contributed by atoms with E-state index in [1.807, 2.05) is 23.1 Å². The van der Waals surface area contributed by atoms with E-state index in [0.29, 0.717) is 5.92 Å². The van der Waals surface area contributed by atoms with Gasteiger partial charge in [-0.3, -0.25) is 4.79 Å². The maximum Gasteiger partial charge on any atom is 0.253 e. The molecule has 2 heterocycles. The van der Waals surface area contributed by atoms with Gasteiger partial charge >= 0.3 is 0 Å². The molecule has 3 aromatic rings. The van der Waals surface area contributed by atoms with E-state index in [1.165, 1.54) is 16.6 Å². The Bertz CT molecular complexity index is 997. The number of hydrogen-bond donors (Lipinski definition) is 1. The average molecular weight is 406 g/mol. The van der Waals surface area contributed by atoms with Gasteiger partial charge in [-0.25, -0.2) is 0 Å². The molecule has 0 aliphatic carbocycles. The lowest BCUT2D eigenvalue weighted by Crippen LogP contribution is -2.37. The SMILES string of the molecule is CCN(CC)c1ccc(C(=O)N2CCC(c3c[nH]c4ccc(OC)cc34)CC2)cc1. The number of carbonyl (C=O) groups is 1. The molecular weight excluding hydrogens is 374 g/mol. The van der Waals surface area contributed by atoms with Crippen LogP contribution in [0, 0.1) is 0 Å². The Labute approximate surface area is 178 Å². The highest BCUT2D eigenvalue weighted by molar-refractivity contribution is 5.94. The molecule has 0 saturated carbocycles. The molecule has 5 nitrogen and oxygen atoms in total. The van der Waals surface area contributed by atoms with E-state index in [2.05, 4.69) is 54.2 Å². The quantitative estimate of drug-likeness (QED) is 0.625. The van der Waals surface area contributed by atoms with Crippen LogP contribution < -0.4 is 9.64 Å². The third-order valence-corrected chi connectivity index (χ3v) is 6.39. The number of rotatable bonds is 6. The number of piperidine rings is 1. The fourth-order valence-electron chi connectivity index (χ4n) is 4.57. The number of methoxy groups -OCH3 is 1. The third-order valence-electron chi connectivity index (χ3n) is 6.39. The van der Waals surface area contributed by atoms with E-state index in [-0.39, 0.29) is 5.91 Å². The first-order chi connectivity index (χ1) is 14.6. The molecule has 5 heteroatoms. The van der Waals surface area contributed by atoms with Crippen LogP contribution in [0.1, 0.15) is 48.5 Å². The first-order valence-corrected chi connectivity index (χ1v) is 10.9. The van der Waals surface area contributed by atoms with E-state index in [9.17, 15) is 4.79 Å². The molecule has 1 aliphatic rings. The summed E-state index contributed by atoms with van der Waals surface area (Å²) >= 11 is 0. The monoisotopic (exact) mass is 405 g/mol. The molecule has 4 rings (SSSR count). The number of aromatic nitrogens is 1. The number of aromatic amines is 1. The molecule has 1 aliphatic heterocycles. The van der Waals surface area contributed by atoms with Crippen molar-refractivity contribution in [3.63, 3.8) is 0 Å². The van der Waals surface area contributed by atoms with Gasteiger partial charge in [0.2, 0.25) is 0 Å². The summed E-state index contributed by atoms with van der Waals surface area (Å²) < 4.78 is 5.40. The van der Waals surface area contributed by atoms with Gasteiger partial charge in [-0.15, -0.1) is 0 Å². The molecule has 0 unspecified atom stereocenters. The normalized spacial score (nSPS) is 14.8. The van der Waals surface area contributed by atoms with Crippen LogP contribution in [-0.4, -0.2) is 49.1 Å². The maximum absolute atomic E-state index is 13.0. The molecule has 30 heavy (non-hydrogen) atoms. The number of ether oxygens (including phenoxy) is 1. The lowest BCUT2D eigenvalue weighted by molar-refractivity contribution is 0.0713.